The molecule has 8 heteroatoms. The zero-order chi connectivity index (χ0) is 18.3. The molecule has 25 heavy (non-hydrogen) atoms. The van der Waals surface area contributed by atoms with E-state index >= 15 is 0 Å². The molecule has 0 aromatic heterocycles. The third-order valence-corrected chi connectivity index (χ3v) is 4.50. The number of carbonyl (C=O) groups excluding carboxylic acids is 1. The van der Waals surface area contributed by atoms with Crippen LogP contribution in [0, 0.1) is 11.3 Å². The number of aromatic hydroxyl groups is 2. The largest absolute Gasteiger partial charge is 0.504 e. The summed E-state index contributed by atoms with van der Waals surface area (Å²) in [6.45, 7) is 2.10. The first-order valence-corrected chi connectivity index (χ1v) is 8.02. The number of aliphatic carboxylic acids is 1. The number of carbonyl (C=O) groups is 2. The highest BCUT2D eigenvalue weighted by atomic mass is 35.5. The van der Waals surface area contributed by atoms with Gasteiger partial charge >= 0.3 is 5.97 Å². The van der Waals surface area contributed by atoms with Gasteiger partial charge in [-0.2, -0.15) is 0 Å². The summed E-state index contributed by atoms with van der Waals surface area (Å²) >= 11 is 0. The number of nitrogens with two attached hydrogens (primary N) is 2. The SMILES string of the molecule is CCCCC(CCN)(C(N)=O)C(Cc1ccc(O)c(O)c1)C(=O)O.Cl. The Hall–Kier alpha value is -1.99. The number of unbranched alkanes of at least 4 members (excludes halogenated alkanes) is 1. The third kappa shape index (κ3) is 5.51. The van der Waals surface area contributed by atoms with Gasteiger partial charge in [-0.1, -0.05) is 25.8 Å². The fourth-order valence-corrected chi connectivity index (χ4v) is 3.09. The predicted molar refractivity (Wildman–Crippen MR) is 96.7 cm³/mol. The molecule has 1 aromatic carbocycles. The summed E-state index contributed by atoms with van der Waals surface area (Å²) in [5.74, 6) is -3.50. The molecule has 1 rings (SSSR count). The van der Waals surface area contributed by atoms with Gasteiger partial charge in [0.05, 0.1) is 11.3 Å². The third-order valence-electron chi connectivity index (χ3n) is 4.50. The summed E-state index contributed by atoms with van der Waals surface area (Å²) in [7, 11) is 0. The fraction of sp³-hybridized carbons (Fsp3) is 0.529. The van der Waals surface area contributed by atoms with Crippen LogP contribution in [-0.4, -0.2) is 33.7 Å². The maximum atomic E-state index is 12.2. The molecule has 7 nitrogen and oxygen atoms in total. The molecule has 0 heterocycles. The van der Waals surface area contributed by atoms with E-state index in [1.807, 2.05) is 6.92 Å². The van der Waals surface area contributed by atoms with Crippen LogP contribution in [0.4, 0.5) is 0 Å². The molecule has 0 aliphatic carbocycles. The van der Waals surface area contributed by atoms with Gasteiger partial charge in [0.1, 0.15) is 0 Å². The normalized spacial score (nSPS) is 14.2. The van der Waals surface area contributed by atoms with Gasteiger partial charge in [0, 0.05) is 0 Å². The summed E-state index contributed by atoms with van der Waals surface area (Å²) in [5, 5.41) is 28.7. The number of primary amides is 1. The summed E-state index contributed by atoms with van der Waals surface area (Å²) in [6, 6.07) is 4.09. The Bertz CT molecular complexity index is 596. The number of hydrogen-bond acceptors (Lipinski definition) is 5. The lowest BCUT2D eigenvalue weighted by atomic mass is 9.66. The minimum absolute atomic E-state index is 0. The quantitative estimate of drug-likeness (QED) is 0.394. The van der Waals surface area contributed by atoms with Crippen LogP contribution in [0.2, 0.25) is 0 Å². The van der Waals surface area contributed by atoms with Crippen molar-refractivity contribution in [2.45, 2.75) is 39.0 Å². The number of hydrogen-bond donors (Lipinski definition) is 5. The van der Waals surface area contributed by atoms with Gasteiger partial charge in [0.2, 0.25) is 5.91 Å². The van der Waals surface area contributed by atoms with Crippen molar-refractivity contribution in [1.82, 2.24) is 0 Å². The van der Waals surface area contributed by atoms with Crippen LogP contribution >= 0.6 is 12.4 Å². The van der Waals surface area contributed by atoms with E-state index in [0.717, 1.165) is 6.42 Å². The van der Waals surface area contributed by atoms with E-state index < -0.39 is 23.2 Å². The first-order valence-electron chi connectivity index (χ1n) is 8.02. The highest BCUT2D eigenvalue weighted by Gasteiger charge is 2.46. The molecule has 2 unspecified atom stereocenters. The molecule has 1 amide bonds. The number of phenolic OH excluding ortho intramolecular Hbond substituents is 2. The molecule has 0 spiro atoms. The van der Waals surface area contributed by atoms with Crippen molar-refractivity contribution in [3.63, 3.8) is 0 Å². The van der Waals surface area contributed by atoms with Crippen LogP contribution in [0.5, 0.6) is 11.5 Å². The van der Waals surface area contributed by atoms with E-state index in [1.165, 1.54) is 18.2 Å². The zero-order valence-electron chi connectivity index (χ0n) is 14.3. The van der Waals surface area contributed by atoms with Crippen LogP contribution in [0.25, 0.3) is 0 Å². The smallest absolute Gasteiger partial charge is 0.307 e. The van der Waals surface area contributed by atoms with Gasteiger partial charge in [-0.25, -0.2) is 0 Å². The number of amides is 1. The maximum absolute atomic E-state index is 12.2. The van der Waals surface area contributed by atoms with Gasteiger partial charge in [0.25, 0.3) is 0 Å². The molecule has 0 bridgehead atoms. The van der Waals surface area contributed by atoms with Crippen molar-refractivity contribution in [3.05, 3.63) is 23.8 Å². The second-order valence-corrected chi connectivity index (χ2v) is 6.08. The number of carboxylic acids is 1. The molecule has 0 fully saturated rings. The number of phenols is 2. The Morgan fingerprint density at radius 1 is 1.20 bits per heavy atom. The van der Waals surface area contributed by atoms with E-state index in [4.69, 9.17) is 11.5 Å². The van der Waals surface area contributed by atoms with Gasteiger partial charge in [0.15, 0.2) is 11.5 Å². The zero-order valence-corrected chi connectivity index (χ0v) is 15.1. The van der Waals surface area contributed by atoms with Crippen LogP contribution in [0.3, 0.4) is 0 Å². The lowest BCUT2D eigenvalue weighted by Crippen LogP contribution is -2.48. The Morgan fingerprint density at radius 2 is 1.84 bits per heavy atom. The second kappa shape index (κ2) is 10.1. The van der Waals surface area contributed by atoms with Crippen molar-refractivity contribution in [2.24, 2.45) is 22.8 Å². The Labute approximate surface area is 153 Å². The van der Waals surface area contributed by atoms with Crippen molar-refractivity contribution < 1.29 is 24.9 Å². The van der Waals surface area contributed by atoms with E-state index in [1.54, 1.807) is 0 Å². The molecule has 0 saturated heterocycles. The van der Waals surface area contributed by atoms with Crippen molar-refractivity contribution >= 4 is 24.3 Å². The highest BCUT2D eigenvalue weighted by Crippen LogP contribution is 2.40. The molecule has 0 aliphatic heterocycles. The number of carboxylic acid groups (broad SMARTS) is 1. The standard InChI is InChI=1S/C17H26N2O5.ClH/c1-2-3-6-17(7-8-18,16(19)24)12(15(22)23)9-11-4-5-13(20)14(21)10-11;/h4-5,10,12,20-21H,2-3,6-9,18H2,1H3,(H2,19,24)(H,22,23);1H. The average Bonchev–Trinajstić information content (AvgIpc) is 2.52. The van der Waals surface area contributed by atoms with E-state index in [2.05, 4.69) is 0 Å². The molecule has 2 atom stereocenters. The minimum Gasteiger partial charge on any atom is -0.504 e. The molecule has 1 aromatic rings. The number of halogens is 1. The average molecular weight is 375 g/mol. The number of benzene rings is 1. The molecule has 0 aliphatic rings. The monoisotopic (exact) mass is 374 g/mol. The Morgan fingerprint density at radius 3 is 2.28 bits per heavy atom. The van der Waals surface area contributed by atoms with Gasteiger partial charge < -0.3 is 26.8 Å². The molecular formula is C17H27ClN2O5. The van der Waals surface area contributed by atoms with Crippen molar-refractivity contribution in [2.75, 3.05) is 6.54 Å². The Kier molecular flexibility index (Phi) is 9.30. The highest BCUT2D eigenvalue weighted by molar-refractivity contribution is 5.87. The summed E-state index contributed by atoms with van der Waals surface area (Å²) in [6.07, 6.45) is 2.00. The van der Waals surface area contributed by atoms with Crippen molar-refractivity contribution in [1.29, 1.82) is 0 Å². The molecule has 142 valence electrons. The van der Waals surface area contributed by atoms with E-state index in [-0.39, 0.29) is 43.3 Å². The summed E-state index contributed by atoms with van der Waals surface area (Å²) in [4.78, 5) is 24.1. The molecule has 0 radical (unpaired) electrons. The van der Waals surface area contributed by atoms with Crippen molar-refractivity contribution in [3.8, 4) is 11.5 Å². The minimum atomic E-state index is -1.25. The topological polar surface area (TPSA) is 147 Å². The second-order valence-electron chi connectivity index (χ2n) is 6.08. The lowest BCUT2D eigenvalue weighted by Gasteiger charge is -2.36. The molecule has 0 saturated carbocycles. The summed E-state index contributed by atoms with van der Waals surface area (Å²) in [5.41, 5.74) is 10.5. The predicted octanol–water partition coefficient (Wildman–Crippen LogP) is 1.77. The van der Waals surface area contributed by atoms with Gasteiger partial charge in [-0.15, -0.1) is 12.4 Å². The van der Waals surface area contributed by atoms with Crippen LogP contribution in [0.15, 0.2) is 18.2 Å². The van der Waals surface area contributed by atoms with Crippen LogP contribution in [-0.2, 0) is 16.0 Å². The van der Waals surface area contributed by atoms with Gasteiger partial charge in [-0.05, 0) is 43.5 Å². The van der Waals surface area contributed by atoms with Crippen LogP contribution in [0.1, 0.15) is 38.2 Å². The fourth-order valence-electron chi connectivity index (χ4n) is 3.09. The van der Waals surface area contributed by atoms with E-state index in [9.17, 15) is 24.9 Å². The lowest BCUT2D eigenvalue weighted by molar-refractivity contribution is -0.153. The van der Waals surface area contributed by atoms with Crippen LogP contribution < -0.4 is 11.5 Å². The first kappa shape index (κ1) is 23.0. The Balaban J connectivity index is 0.00000576. The molecule has 7 N–H and O–H groups in total. The maximum Gasteiger partial charge on any atom is 0.307 e. The summed E-state index contributed by atoms with van der Waals surface area (Å²) < 4.78 is 0. The number of rotatable bonds is 10. The van der Waals surface area contributed by atoms with E-state index in [0.29, 0.717) is 18.4 Å². The van der Waals surface area contributed by atoms with Gasteiger partial charge in [-0.3, -0.25) is 9.59 Å². The first-order chi connectivity index (χ1) is 11.3. The molecular weight excluding hydrogens is 348 g/mol.